The van der Waals surface area contributed by atoms with Crippen molar-refractivity contribution in [3.63, 3.8) is 0 Å². The summed E-state index contributed by atoms with van der Waals surface area (Å²) in [6.07, 6.45) is 7.96. The molecular formula is C23H27N5O. The van der Waals surface area contributed by atoms with Crippen LogP contribution in [0.15, 0.2) is 61.3 Å². The van der Waals surface area contributed by atoms with E-state index in [4.69, 9.17) is 0 Å². The highest BCUT2D eigenvalue weighted by Crippen LogP contribution is 2.27. The van der Waals surface area contributed by atoms with Crippen LogP contribution < -0.4 is 0 Å². The quantitative estimate of drug-likeness (QED) is 0.704. The van der Waals surface area contributed by atoms with Gasteiger partial charge in [0.05, 0.1) is 12.2 Å². The standard InChI is InChI=1S/C23H27N5O/c1-2-28-11-10-27(16-21-14-25-17-26-21)15-20(23(28)29)12-18-6-3-4-8-22(18)19-7-5-9-24-13-19/h3-9,13-14,17,20H,2,10-12,15-16H2,1H3,(H,25,26)/t20-/m0/s1. The molecule has 3 heterocycles. The highest BCUT2D eigenvalue weighted by molar-refractivity contribution is 5.80. The number of hydrogen-bond donors (Lipinski definition) is 1. The van der Waals surface area contributed by atoms with Gasteiger partial charge in [-0.2, -0.15) is 0 Å². The number of benzene rings is 1. The number of aromatic nitrogens is 3. The summed E-state index contributed by atoms with van der Waals surface area (Å²) in [5.41, 5.74) is 4.52. The summed E-state index contributed by atoms with van der Waals surface area (Å²) in [4.78, 5) is 29.2. The molecule has 1 aliphatic rings. The molecule has 1 fully saturated rings. The van der Waals surface area contributed by atoms with E-state index < -0.39 is 0 Å². The summed E-state index contributed by atoms with van der Waals surface area (Å²) in [5, 5.41) is 0. The van der Waals surface area contributed by atoms with E-state index in [2.05, 4.69) is 51.0 Å². The molecule has 6 nitrogen and oxygen atoms in total. The fourth-order valence-electron chi connectivity index (χ4n) is 4.10. The average Bonchev–Trinajstić information content (AvgIpc) is 3.22. The third-order valence-electron chi connectivity index (χ3n) is 5.61. The van der Waals surface area contributed by atoms with Crippen molar-refractivity contribution in [2.75, 3.05) is 26.2 Å². The second-order valence-electron chi connectivity index (χ2n) is 7.53. The zero-order valence-electron chi connectivity index (χ0n) is 16.8. The Kier molecular flexibility index (Phi) is 6.00. The molecule has 1 amide bonds. The summed E-state index contributed by atoms with van der Waals surface area (Å²) in [6, 6.07) is 12.4. The first-order chi connectivity index (χ1) is 14.2. The minimum atomic E-state index is -0.0711. The van der Waals surface area contributed by atoms with Crippen LogP contribution in [0, 0.1) is 5.92 Å². The number of hydrogen-bond acceptors (Lipinski definition) is 4. The molecule has 1 saturated heterocycles. The van der Waals surface area contributed by atoms with E-state index in [1.807, 2.05) is 29.4 Å². The van der Waals surface area contributed by atoms with Crippen molar-refractivity contribution in [3.8, 4) is 11.1 Å². The first-order valence-electron chi connectivity index (χ1n) is 10.2. The van der Waals surface area contributed by atoms with Crippen LogP contribution in [-0.2, 0) is 17.8 Å². The Morgan fingerprint density at radius 1 is 1.10 bits per heavy atom. The van der Waals surface area contributed by atoms with Crippen LogP contribution in [0.3, 0.4) is 0 Å². The zero-order chi connectivity index (χ0) is 20.1. The van der Waals surface area contributed by atoms with E-state index in [-0.39, 0.29) is 11.8 Å². The number of aromatic amines is 1. The molecule has 2 aromatic heterocycles. The molecule has 150 valence electrons. The van der Waals surface area contributed by atoms with Crippen molar-refractivity contribution in [1.82, 2.24) is 24.8 Å². The van der Waals surface area contributed by atoms with Crippen molar-refractivity contribution >= 4 is 5.91 Å². The molecule has 0 radical (unpaired) electrons. The number of pyridine rings is 1. The van der Waals surface area contributed by atoms with Crippen molar-refractivity contribution in [2.45, 2.75) is 19.9 Å². The second-order valence-corrected chi connectivity index (χ2v) is 7.53. The number of rotatable bonds is 6. The molecule has 1 N–H and O–H groups in total. The van der Waals surface area contributed by atoms with Gasteiger partial charge in [-0.25, -0.2) is 4.98 Å². The van der Waals surface area contributed by atoms with Gasteiger partial charge in [0.1, 0.15) is 0 Å². The van der Waals surface area contributed by atoms with Crippen LogP contribution in [0.1, 0.15) is 18.2 Å². The molecule has 0 saturated carbocycles. The summed E-state index contributed by atoms with van der Waals surface area (Å²) < 4.78 is 0. The topological polar surface area (TPSA) is 65.1 Å². The monoisotopic (exact) mass is 389 g/mol. The van der Waals surface area contributed by atoms with Crippen molar-refractivity contribution in [2.24, 2.45) is 5.92 Å². The zero-order valence-corrected chi connectivity index (χ0v) is 16.8. The maximum atomic E-state index is 13.2. The minimum Gasteiger partial charge on any atom is -0.347 e. The maximum absolute atomic E-state index is 13.2. The van der Waals surface area contributed by atoms with Gasteiger partial charge in [-0.05, 0) is 30.5 Å². The van der Waals surface area contributed by atoms with Gasteiger partial charge in [0.25, 0.3) is 0 Å². The molecule has 0 spiro atoms. The van der Waals surface area contributed by atoms with Crippen LogP contribution in [0.2, 0.25) is 0 Å². The van der Waals surface area contributed by atoms with Crippen LogP contribution in [0.5, 0.6) is 0 Å². The molecule has 1 aliphatic heterocycles. The lowest BCUT2D eigenvalue weighted by Gasteiger charge is -2.24. The van der Waals surface area contributed by atoms with Crippen LogP contribution >= 0.6 is 0 Å². The molecule has 3 aromatic rings. The molecule has 6 heteroatoms. The summed E-state index contributed by atoms with van der Waals surface area (Å²) in [6.45, 7) is 5.98. The number of carbonyl (C=O) groups excluding carboxylic acids is 1. The Balaban J connectivity index is 1.59. The van der Waals surface area contributed by atoms with Crippen LogP contribution in [-0.4, -0.2) is 56.8 Å². The average molecular weight is 390 g/mol. The number of carbonyl (C=O) groups is 1. The predicted molar refractivity (Wildman–Crippen MR) is 113 cm³/mol. The number of amides is 1. The SMILES string of the molecule is CCN1CCN(Cc2cnc[nH]2)C[C@H](Cc2ccccc2-c2cccnc2)C1=O. The second kappa shape index (κ2) is 9.01. The van der Waals surface area contributed by atoms with Gasteiger partial charge in [-0.15, -0.1) is 0 Å². The lowest BCUT2D eigenvalue weighted by Crippen LogP contribution is -2.37. The Labute approximate surface area is 171 Å². The number of nitrogens with zero attached hydrogens (tertiary/aromatic N) is 4. The summed E-state index contributed by atoms with van der Waals surface area (Å²) >= 11 is 0. The van der Waals surface area contributed by atoms with Gasteiger partial charge in [-0.1, -0.05) is 30.3 Å². The first kappa shape index (κ1) is 19.3. The third kappa shape index (κ3) is 4.54. The summed E-state index contributed by atoms with van der Waals surface area (Å²) in [7, 11) is 0. The van der Waals surface area contributed by atoms with Gasteiger partial charge >= 0.3 is 0 Å². The van der Waals surface area contributed by atoms with Crippen LogP contribution in [0.25, 0.3) is 11.1 Å². The lowest BCUT2D eigenvalue weighted by atomic mass is 9.91. The van der Waals surface area contributed by atoms with Gasteiger partial charge in [0.2, 0.25) is 5.91 Å². The smallest absolute Gasteiger partial charge is 0.227 e. The van der Waals surface area contributed by atoms with E-state index >= 15 is 0 Å². The first-order valence-corrected chi connectivity index (χ1v) is 10.2. The molecule has 1 aromatic carbocycles. The predicted octanol–water partition coefficient (Wildman–Crippen LogP) is 2.99. The Hall–Kier alpha value is -2.99. The van der Waals surface area contributed by atoms with E-state index in [1.165, 1.54) is 5.56 Å². The number of H-pyrrole nitrogens is 1. The highest BCUT2D eigenvalue weighted by Gasteiger charge is 2.30. The molecule has 0 bridgehead atoms. The molecule has 0 aliphatic carbocycles. The largest absolute Gasteiger partial charge is 0.347 e. The van der Waals surface area contributed by atoms with Gasteiger partial charge in [-0.3, -0.25) is 14.7 Å². The van der Waals surface area contributed by atoms with Crippen molar-refractivity contribution in [3.05, 3.63) is 72.6 Å². The lowest BCUT2D eigenvalue weighted by molar-refractivity contribution is -0.134. The molecule has 0 unspecified atom stereocenters. The normalized spacial score (nSPS) is 18.0. The van der Waals surface area contributed by atoms with Gasteiger partial charge in [0.15, 0.2) is 0 Å². The summed E-state index contributed by atoms with van der Waals surface area (Å²) in [5.74, 6) is 0.179. The Morgan fingerprint density at radius 3 is 2.76 bits per heavy atom. The third-order valence-corrected chi connectivity index (χ3v) is 5.61. The maximum Gasteiger partial charge on any atom is 0.227 e. The van der Waals surface area contributed by atoms with E-state index in [0.717, 1.165) is 56.0 Å². The molecule has 4 rings (SSSR count). The fraction of sp³-hybridized carbons (Fsp3) is 0.348. The number of imidazole rings is 1. The van der Waals surface area contributed by atoms with E-state index in [9.17, 15) is 4.79 Å². The molecule has 29 heavy (non-hydrogen) atoms. The van der Waals surface area contributed by atoms with E-state index in [1.54, 1.807) is 12.5 Å². The van der Waals surface area contributed by atoms with E-state index in [0.29, 0.717) is 0 Å². The highest BCUT2D eigenvalue weighted by atomic mass is 16.2. The van der Waals surface area contributed by atoms with Crippen molar-refractivity contribution < 1.29 is 4.79 Å². The van der Waals surface area contributed by atoms with Gasteiger partial charge < -0.3 is 9.88 Å². The Morgan fingerprint density at radius 2 is 2.00 bits per heavy atom. The van der Waals surface area contributed by atoms with Crippen LogP contribution in [0.4, 0.5) is 0 Å². The number of nitrogens with one attached hydrogen (secondary N) is 1. The number of likely N-dealkylation sites (N-methyl/N-ethyl adjacent to an activating group) is 1. The minimum absolute atomic E-state index is 0.0711. The molecule has 1 atom stereocenters. The van der Waals surface area contributed by atoms with Gasteiger partial charge in [0, 0.05) is 62.6 Å². The fourth-order valence-corrected chi connectivity index (χ4v) is 4.10. The Bertz CT molecular complexity index is 925. The molecular weight excluding hydrogens is 362 g/mol. The van der Waals surface area contributed by atoms with Crippen molar-refractivity contribution in [1.29, 1.82) is 0 Å².